The predicted molar refractivity (Wildman–Crippen MR) is 76.0 cm³/mol. The molecule has 1 aliphatic heterocycles. The maximum atomic E-state index is 11.9. The molecule has 0 aromatic carbocycles. The molecular formula is C13H21IO3. The fraction of sp³-hybridized carbons (Fsp3) is 0.769. The Morgan fingerprint density at radius 3 is 2.35 bits per heavy atom. The Morgan fingerprint density at radius 2 is 2.00 bits per heavy atom. The van der Waals surface area contributed by atoms with Crippen LogP contribution in [0.4, 0.5) is 0 Å². The van der Waals surface area contributed by atoms with Crippen LogP contribution in [-0.4, -0.2) is 23.1 Å². The molecule has 0 amide bonds. The molecule has 0 unspecified atom stereocenters. The van der Waals surface area contributed by atoms with Crippen LogP contribution in [0.25, 0.3) is 0 Å². The fourth-order valence-corrected chi connectivity index (χ4v) is 2.90. The third kappa shape index (κ3) is 2.95. The highest BCUT2D eigenvalue weighted by molar-refractivity contribution is 14.1. The van der Waals surface area contributed by atoms with E-state index in [1.165, 1.54) is 7.11 Å². The predicted octanol–water partition coefficient (Wildman–Crippen LogP) is 3.32. The van der Waals surface area contributed by atoms with Gasteiger partial charge in [-0.05, 0) is 6.92 Å². The summed E-state index contributed by atoms with van der Waals surface area (Å²) in [6.45, 7) is 10.3. The number of methoxy groups -OCH3 is 1. The van der Waals surface area contributed by atoms with Crippen LogP contribution in [0.3, 0.4) is 0 Å². The molecule has 0 aromatic rings. The van der Waals surface area contributed by atoms with Gasteiger partial charge in [-0.15, -0.1) is 0 Å². The number of esters is 1. The molecule has 98 valence electrons. The van der Waals surface area contributed by atoms with E-state index in [0.717, 1.165) is 5.76 Å². The third-order valence-corrected chi connectivity index (χ3v) is 3.69. The normalized spacial score (nSPS) is 26.8. The van der Waals surface area contributed by atoms with Gasteiger partial charge in [0.05, 0.1) is 12.7 Å². The second-order valence-electron chi connectivity index (χ2n) is 5.53. The Hall–Kier alpha value is -0.260. The number of hydrogen-bond acceptors (Lipinski definition) is 3. The lowest BCUT2D eigenvalue weighted by atomic mass is 9.87. The summed E-state index contributed by atoms with van der Waals surface area (Å²) in [5.74, 6) is 0.607. The van der Waals surface area contributed by atoms with Crippen molar-refractivity contribution < 1.29 is 14.3 Å². The summed E-state index contributed by atoms with van der Waals surface area (Å²) >= 11 is 2.34. The van der Waals surface area contributed by atoms with Gasteiger partial charge in [0.2, 0.25) is 0 Å². The van der Waals surface area contributed by atoms with Crippen molar-refractivity contribution in [1.29, 1.82) is 0 Å². The Labute approximate surface area is 117 Å². The summed E-state index contributed by atoms with van der Waals surface area (Å²) < 4.78 is 11.2. The Kier molecular flexibility index (Phi) is 4.49. The van der Waals surface area contributed by atoms with E-state index in [9.17, 15) is 4.79 Å². The van der Waals surface area contributed by atoms with Gasteiger partial charge in [-0.3, -0.25) is 0 Å². The van der Waals surface area contributed by atoms with Gasteiger partial charge in [-0.2, -0.15) is 0 Å². The van der Waals surface area contributed by atoms with Crippen molar-refractivity contribution >= 4 is 28.6 Å². The molecule has 3 nitrogen and oxygen atoms in total. The van der Waals surface area contributed by atoms with Crippen LogP contribution in [0.15, 0.2) is 11.3 Å². The van der Waals surface area contributed by atoms with Gasteiger partial charge >= 0.3 is 5.97 Å². The number of allylic oxidation sites excluding steroid dienone is 1. The van der Waals surface area contributed by atoms with Gasteiger partial charge in [0.1, 0.15) is 11.9 Å². The van der Waals surface area contributed by atoms with E-state index in [-0.39, 0.29) is 23.4 Å². The molecule has 4 heteroatoms. The second kappa shape index (κ2) is 5.16. The lowest BCUT2D eigenvalue weighted by Crippen LogP contribution is -2.26. The van der Waals surface area contributed by atoms with E-state index >= 15 is 0 Å². The zero-order chi connectivity index (χ0) is 13.4. The van der Waals surface area contributed by atoms with Crippen LogP contribution in [0.2, 0.25) is 0 Å². The number of hydrogen-bond donors (Lipinski definition) is 0. The van der Waals surface area contributed by atoms with Gasteiger partial charge < -0.3 is 9.47 Å². The van der Waals surface area contributed by atoms with E-state index < -0.39 is 0 Å². The van der Waals surface area contributed by atoms with Gasteiger partial charge in [-0.1, -0.05) is 50.3 Å². The molecule has 1 heterocycles. The molecule has 3 atom stereocenters. The lowest BCUT2D eigenvalue weighted by Gasteiger charge is -2.24. The lowest BCUT2D eigenvalue weighted by molar-refractivity contribution is -0.136. The van der Waals surface area contributed by atoms with Gasteiger partial charge in [0.25, 0.3) is 0 Å². The summed E-state index contributed by atoms with van der Waals surface area (Å²) in [6.07, 6.45) is 0.0546. The quantitative estimate of drug-likeness (QED) is 0.435. The highest BCUT2D eigenvalue weighted by atomic mass is 127. The molecule has 0 N–H and O–H groups in total. The molecule has 0 aromatic heterocycles. The van der Waals surface area contributed by atoms with Crippen LogP contribution < -0.4 is 0 Å². The average molecular weight is 352 g/mol. The Morgan fingerprint density at radius 1 is 1.47 bits per heavy atom. The largest absolute Gasteiger partial charge is 0.492 e. The first-order valence-corrected chi connectivity index (χ1v) is 7.08. The molecule has 0 fully saturated rings. The van der Waals surface area contributed by atoms with Crippen LogP contribution >= 0.6 is 22.6 Å². The minimum atomic E-state index is -0.262. The van der Waals surface area contributed by atoms with Gasteiger partial charge in [-0.25, -0.2) is 4.79 Å². The van der Waals surface area contributed by atoms with E-state index in [1.54, 1.807) is 0 Å². The smallest absolute Gasteiger partial charge is 0.337 e. The van der Waals surface area contributed by atoms with E-state index in [1.807, 2.05) is 6.92 Å². The summed E-state index contributed by atoms with van der Waals surface area (Å²) in [5, 5.41) is 0. The standard InChI is InChI=1S/C13H21IO3/c1-7-9(12(15)16-6)11(13(3,4)5)17-10(7)8(2)14/h7-8,10H,1-6H3/t7-,8-,10+/m1/s1. The SMILES string of the molecule is COC(=O)C1=C(C(C)(C)C)O[C@H]([C@@H](C)I)[C@@H]1C. The fourth-order valence-electron chi connectivity index (χ4n) is 2.13. The highest BCUT2D eigenvalue weighted by Gasteiger charge is 2.43. The van der Waals surface area contributed by atoms with Crippen molar-refractivity contribution in [3.8, 4) is 0 Å². The summed E-state index contributed by atoms with van der Waals surface area (Å²) in [7, 11) is 1.42. The van der Waals surface area contributed by atoms with Crippen molar-refractivity contribution in [2.24, 2.45) is 11.3 Å². The Balaban J connectivity index is 3.17. The number of carbonyl (C=O) groups excluding carboxylic acids is 1. The minimum Gasteiger partial charge on any atom is -0.492 e. The number of ether oxygens (including phenoxy) is 2. The zero-order valence-corrected chi connectivity index (χ0v) is 13.5. The molecular weight excluding hydrogens is 331 g/mol. The zero-order valence-electron chi connectivity index (χ0n) is 11.3. The van der Waals surface area contributed by atoms with Crippen molar-refractivity contribution in [2.45, 2.75) is 44.6 Å². The monoisotopic (exact) mass is 352 g/mol. The summed E-state index contributed by atoms with van der Waals surface area (Å²) in [5.41, 5.74) is 0.534. The van der Waals surface area contributed by atoms with Crippen LogP contribution in [-0.2, 0) is 14.3 Å². The minimum absolute atomic E-state index is 0.0546. The molecule has 1 rings (SSSR count). The molecule has 0 saturated heterocycles. The van der Waals surface area contributed by atoms with Crippen molar-refractivity contribution in [3.05, 3.63) is 11.3 Å². The first-order chi connectivity index (χ1) is 7.70. The molecule has 0 aliphatic carbocycles. The maximum Gasteiger partial charge on any atom is 0.337 e. The first-order valence-electron chi connectivity index (χ1n) is 5.83. The van der Waals surface area contributed by atoms with Crippen LogP contribution in [0, 0.1) is 11.3 Å². The molecule has 17 heavy (non-hydrogen) atoms. The highest BCUT2D eigenvalue weighted by Crippen LogP contribution is 2.43. The number of halogens is 1. The van der Waals surface area contributed by atoms with E-state index in [2.05, 4.69) is 50.3 Å². The second-order valence-corrected chi connectivity index (χ2v) is 7.50. The van der Waals surface area contributed by atoms with Gasteiger partial charge in [0.15, 0.2) is 0 Å². The van der Waals surface area contributed by atoms with E-state index in [4.69, 9.17) is 9.47 Å². The molecule has 1 aliphatic rings. The summed E-state index contributed by atoms with van der Waals surface area (Å²) in [4.78, 5) is 11.9. The maximum absolute atomic E-state index is 11.9. The van der Waals surface area contributed by atoms with E-state index in [0.29, 0.717) is 9.50 Å². The average Bonchev–Trinajstić information content (AvgIpc) is 2.54. The van der Waals surface area contributed by atoms with Crippen molar-refractivity contribution in [2.75, 3.05) is 7.11 Å². The molecule has 0 spiro atoms. The van der Waals surface area contributed by atoms with Crippen LogP contribution in [0.5, 0.6) is 0 Å². The number of rotatable bonds is 2. The molecule has 0 bridgehead atoms. The topological polar surface area (TPSA) is 35.5 Å². The Bertz CT molecular complexity index is 339. The number of carbonyl (C=O) groups is 1. The van der Waals surface area contributed by atoms with Crippen LogP contribution in [0.1, 0.15) is 34.6 Å². The first kappa shape index (κ1) is 14.8. The number of alkyl halides is 1. The third-order valence-electron chi connectivity index (χ3n) is 2.99. The van der Waals surface area contributed by atoms with Crippen molar-refractivity contribution in [3.63, 3.8) is 0 Å². The summed E-state index contributed by atoms with van der Waals surface area (Å²) in [6, 6.07) is 0. The van der Waals surface area contributed by atoms with Gasteiger partial charge in [0, 0.05) is 15.3 Å². The van der Waals surface area contributed by atoms with Crippen molar-refractivity contribution in [1.82, 2.24) is 0 Å². The molecule has 0 radical (unpaired) electrons. The molecule has 0 saturated carbocycles.